The summed E-state index contributed by atoms with van der Waals surface area (Å²) in [6.07, 6.45) is 0. The molecule has 2 rings (SSSR count). The van der Waals surface area contributed by atoms with Gasteiger partial charge in [-0.3, -0.25) is 0 Å². The van der Waals surface area contributed by atoms with Gasteiger partial charge in [0.1, 0.15) is 17.3 Å². The van der Waals surface area contributed by atoms with Gasteiger partial charge in [-0.15, -0.1) is 0 Å². The van der Waals surface area contributed by atoms with E-state index in [1.807, 2.05) is 19.1 Å². The van der Waals surface area contributed by atoms with Crippen LogP contribution in [-0.4, -0.2) is 0 Å². The second kappa shape index (κ2) is 5.90. The van der Waals surface area contributed by atoms with E-state index in [4.69, 9.17) is 22.1 Å². The van der Waals surface area contributed by atoms with Crippen LogP contribution in [0.3, 0.4) is 0 Å². The first kappa shape index (κ1) is 14.3. The van der Waals surface area contributed by atoms with Crippen LogP contribution in [0.25, 0.3) is 0 Å². The van der Waals surface area contributed by atoms with E-state index in [1.165, 1.54) is 12.1 Å². The van der Waals surface area contributed by atoms with Gasteiger partial charge in [0.15, 0.2) is 0 Å². The molecule has 2 nitrogen and oxygen atoms in total. The molecule has 0 aliphatic rings. The molecule has 0 spiro atoms. The van der Waals surface area contributed by atoms with Crippen molar-refractivity contribution in [2.75, 3.05) is 0 Å². The van der Waals surface area contributed by atoms with Crippen molar-refractivity contribution in [2.45, 2.75) is 13.0 Å². The Kier molecular flexibility index (Phi) is 4.45. The molecule has 100 valence electrons. The standard InChI is InChI=1S/C14H12BrClFNO/c1-8(18)9-2-4-10(5-3-9)19-14-7-13(17)12(16)6-11(14)15/h2-8H,18H2,1H3. The lowest BCUT2D eigenvalue weighted by molar-refractivity contribution is 0.473. The zero-order valence-corrected chi connectivity index (χ0v) is 12.5. The van der Waals surface area contributed by atoms with Crippen molar-refractivity contribution in [2.24, 2.45) is 5.73 Å². The van der Waals surface area contributed by atoms with Gasteiger partial charge in [-0.25, -0.2) is 4.39 Å². The Labute approximate surface area is 124 Å². The summed E-state index contributed by atoms with van der Waals surface area (Å²) in [6.45, 7) is 1.90. The molecule has 1 unspecified atom stereocenters. The Morgan fingerprint density at radius 2 is 1.89 bits per heavy atom. The van der Waals surface area contributed by atoms with E-state index in [1.54, 1.807) is 12.1 Å². The molecular weight excluding hydrogens is 333 g/mol. The summed E-state index contributed by atoms with van der Waals surface area (Å²) in [6, 6.07) is 10.00. The van der Waals surface area contributed by atoms with E-state index in [-0.39, 0.29) is 11.1 Å². The largest absolute Gasteiger partial charge is 0.456 e. The predicted molar refractivity (Wildman–Crippen MR) is 78.2 cm³/mol. The van der Waals surface area contributed by atoms with Gasteiger partial charge < -0.3 is 10.5 Å². The molecule has 2 N–H and O–H groups in total. The number of hydrogen-bond acceptors (Lipinski definition) is 2. The predicted octanol–water partition coefficient (Wildman–Crippen LogP) is 5.05. The van der Waals surface area contributed by atoms with E-state index in [0.29, 0.717) is 16.0 Å². The highest BCUT2D eigenvalue weighted by Crippen LogP contribution is 2.33. The summed E-state index contributed by atoms with van der Waals surface area (Å²) in [5.41, 5.74) is 6.77. The van der Waals surface area contributed by atoms with Crippen LogP contribution in [-0.2, 0) is 0 Å². The minimum absolute atomic E-state index is 0.0336. The zero-order chi connectivity index (χ0) is 14.0. The number of halogens is 3. The van der Waals surface area contributed by atoms with Crippen molar-refractivity contribution < 1.29 is 9.13 Å². The Balaban J connectivity index is 2.24. The first-order valence-electron chi connectivity index (χ1n) is 5.65. The van der Waals surface area contributed by atoms with Crippen molar-refractivity contribution in [3.05, 3.63) is 57.3 Å². The first-order chi connectivity index (χ1) is 8.97. The highest BCUT2D eigenvalue weighted by Gasteiger charge is 2.09. The van der Waals surface area contributed by atoms with Gasteiger partial charge >= 0.3 is 0 Å². The van der Waals surface area contributed by atoms with Gasteiger partial charge in [-0.1, -0.05) is 23.7 Å². The molecule has 0 saturated heterocycles. The van der Waals surface area contributed by atoms with Gasteiger partial charge in [-0.05, 0) is 46.6 Å². The van der Waals surface area contributed by atoms with E-state index >= 15 is 0 Å². The van der Waals surface area contributed by atoms with E-state index in [0.717, 1.165) is 5.56 Å². The Hall–Kier alpha value is -1.10. The van der Waals surface area contributed by atoms with Crippen molar-refractivity contribution >= 4 is 27.5 Å². The highest BCUT2D eigenvalue weighted by atomic mass is 79.9. The lowest BCUT2D eigenvalue weighted by atomic mass is 10.1. The van der Waals surface area contributed by atoms with Crippen LogP contribution in [0.5, 0.6) is 11.5 Å². The van der Waals surface area contributed by atoms with E-state index in [9.17, 15) is 4.39 Å². The van der Waals surface area contributed by atoms with Gasteiger partial charge in [-0.2, -0.15) is 0 Å². The average molecular weight is 345 g/mol. The molecule has 0 heterocycles. The summed E-state index contributed by atoms with van der Waals surface area (Å²) in [5, 5.41) is 0.0477. The fourth-order valence-electron chi connectivity index (χ4n) is 1.55. The van der Waals surface area contributed by atoms with Gasteiger partial charge in [0.25, 0.3) is 0 Å². The molecule has 5 heteroatoms. The van der Waals surface area contributed by atoms with Crippen LogP contribution in [0.15, 0.2) is 40.9 Å². The van der Waals surface area contributed by atoms with Crippen LogP contribution >= 0.6 is 27.5 Å². The topological polar surface area (TPSA) is 35.2 Å². The summed E-state index contributed by atoms with van der Waals surface area (Å²) < 4.78 is 19.6. The van der Waals surface area contributed by atoms with Crippen LogP contribution < -0.4 is 10.5 Å². The first-order valence-corrected chi connectivity index (χ1v) is 6.82. The lowest BCUT2D eigenvalue weighted by Gasteiger charge is -2.10. The minimum Gasteiger partial charge on any atom is -0.456 e. The van der Waals surface area contributed by atoms with Crippen LogP contribution in [0, 0.1) is 5.82 Å². The molecule has 0 saturated carbocycles. The van der Waals surface area contributed by atoms with Gasteiger partial charge in [0.05, 0.1) is 9.50 Å². The normalized spacial score (nSPS) is 12.3. The molecule has 2 aromatic rings. The maximum atomic E-state index is 13.4. The number of ether oxygens (including phenoxy) is 1. The molecule has 0 bridgehead atoms. The summed E-state index contributed by atoms with van der Waals surface area (Å²) in [7, 11) is 0. The molecule has 0 aromatic heterocycles. The summed E-state index contributed by atoms with van der Waals surface area (Å²) >= 11 is 8.95. The van der Waals surface area contributed by atoms with Crippen molar-refractivity contribution in [3.63, 3.8) is 0 Å². The molecule has 19 heavy (non-hydrogen) atoms. The number of nitrogens with two attached hydrogens (primary N) is 1. The molecule has 0 fully saturated rings. The van der Waals surface area contributed by atoms with Crippen LogP contribution in [0.2, 0.25) is 5.02 Å². The quantitative estimate of drug-likeness (QED) is 0.790. The molecule has 2 aromatic carbocycles. The highest BCUT2D eigenvalue weighted by molar-refractivity contribution is 9.10. The third kappa shape index (κ3) is 3.47. The van der Waals surface area contributed by atoms with Gasteiger partial charge in [0, 0.05) is 12.1 Å². The molecular formula is C14H12BrClFNO. The maximum Gasteiger partial charge on any atom is 0.145 e. The summed E-state index contributed by atoms with van der Waals surface area (Å²) in [4.78, 5) is 0. The SMILES string of the molecule is CC(N)c1ccc(Oc2cc(F)c(Cl)cc2Br)cc1. The smallest absolute Gasteiger partial charge is 0.145 e. The Morgan fingerprint density at radius 3 is 2.47 bits per heavy atom. The second-order valence-electron chi connectivity index (χ2n) is 4.16. The average Bonchev–Trinajstić information content (AvgIpc) is 2.36. The third-order valence-corrected chi connectivity index (χ3v) is 3.52. The third-order valence-electron chi connectivity index (χ3n) is 2.61. The Morgan fingerprint density at radius 1 is 1.26 bits per heavy atom. The van der Waals surface area contributed by atoms with Crippen LogP contribution in [0.4, 0.5) is 4.39 Å². The number of rotatable bonds is 3. The Bertz CT molecular complexity index is 587. The number of hydrogen-bond donors (Lipinski definition) is 1. The fourth-order valence-corrected chi connectivity index (χ4v) is 2.27. The van der Waals surface area contributed by atoms with Crippen molar-refractivity contribution in [3.8, 4) is 11.5 Å². The molecule has 0 amide bonds. The summed E-state index contributed by atoms with van der Waals surface area (Å²) in [5.74, 6) is 0.453. The molecule has 0 radical (unpaired) electrons. The maximum absolute atomic E-state index is 13.4. The molecule has 0 aliphatic heterocycles. The van der Waals surface area contributed by atoms with E-state index < -0.39 is 5.82 Å². The zero-order valence-electron chi connectivity index (χ0n) is 10.2. The van der Waals surface area contributed by atoms with Crippen molar-refractivity contribution in [1.29, 1.82) is 0 Å². The van der Waals surface area contributed by atoms with Crippen LogP contribution in [0.1, 0.15) is 18.5 Å². The van der Waals surface area contributed by atoms with Crippen molar-refractivity contribution in [1.82, 2.24) is 0 Å². The number of benzene rings is 2. The minimum atomic E-state index is -0.521. The fraction of sp³-hybridized carbons (Fsp3) is 0.143. The molecule has 0 aliphatic carbocycles. The lowest BCUT2D eigenvalue weighted by Crippen LogP contribution is -2.04. The monoisotopic (exact) mass is 343 g/mol. The molecule has 1 atom stereocenters. The second-order valence-corrected chi connectivity index (χ2v) is 5.42. The van der Waals surface area contributed by atoms with E-state index in [2.05, 4.69) is 15.9 Å². The van der Waals surface area contributed by atoms with Gasteiger partial charge in [0.2, 0.25) is 0 Å².